The van der Waals surface area contributed by atoms with Crippen molar-refractivity contribution in [1.29, 1.82) is 0 Å². The number of aromatic nitrogens is 1. The molecule has 0 unspecified atom stereocenters. The van der Waals surface area contributed by atoms with Crippen molar-refractivity contribution in [3.63, 3.8) is 0 Å². The molecule has 1 heterocycles. The summed E-state index contributed by atoms with van der Waals surface area (Å²) < 4.78 is 38.5. The van der Waals surface area contributed by atoms with Gasteiger partial charge in [-0.1, -0.05) is 6.07 Å². The summed E-state index contributed by atoms with van der Waals surface area (Å²) in [6.07, 6.45) is 5.12. The van der Waals surface area contributed by atoms with E-state index in [1.54, 1.807) is 24.3 Å². The summed E-state index contributed by atoms with van der Waals surface area (Å²) in [5.41, 5.74) is 1.27. The zero-order chi connectivity index (χ0) is 19.2. The first-order valence-corrected chi connectivity index (χ1v) is 9.98. The summed E-state index contributed by atoms with van der Waals surface area (Å²) in [6, 6.07) is 9.08. The van der Waals surface area contributed by atoms with Gasteiger partial charge in [0.25, 0.3) is 0 Å². The monoisotopic (exact) mass is 379 g/mol. The maximum Gasteiger partial charge on any atom is 0.232 e. The number of benzene rings is 1. The molecule has 0 saturated heterocycles. The summed E-state index contributed by atoms with van der Waals surface area (Å²) in [5.74, 6) is -0.707. The lowest BCUT2D eigenvalue weighted by atomic mass is 10.2. The van der Waals surface area contributed by atoms with Gasteiger partial charge in [-0.25, -0.2) is 12.8 Å². The third kappa shape index (κ3) is 5.80. The third-order valence-electron chi connectivity index (χ3n) is 3.94. The molecule has 0 N–H and O–H groups in total. The number of anilines is 1. The Kier molecular flexibility index (Phi) is 6.68. The van der Waals surface area contributed by atoms with Crippen LogP contribution in [0.2, 0.25) is 0 Å². The smallest absolute Gasteiger partial charge is 0.232 e. The van der Waals surface area contributed by atoms with Gasteiger partial charge in [-0.2, -0.15) is 0 Å². The van der Waals surface area contributed by atoms with Crippen LogP contribution in [-0.4, -0.2) is 50.6 Å². The van der Waals surface area contributed by atoms with E-state index in [4.69, 9.17) is 0 Å². The molecule has 8 heteroatoms. The van der Waals surface area contributed by atoms with E-state index in [0.717, 1.165) is 22.2 Å². The fraction of sp³-hybridized carbons (Fsp3) is 0.333. The minimum Gasteiger partial charge on any atom is -0.345 e. The van der Waals surface area contributed by atoms with Crippen LogP contribution in [-0.2, 0) is 21.2 Å². The molecule has 0 saturated carbocycles. The molecule has 140 valence electrons. The van der Waals surface area contributed by atoms with E-state index in [0.29, 0.717) is 13.0 Å². The summed E-state index contributed by atoms with van der Waals surface area (Å²) in [4.78, 5) is 17.8. The first-order valence-electron chi connectivity index (χ1n) is 8.13. The summed E-state index contributed by atoms with van der Waals surface area (Å²) >= 11 is 0. The summed E-state index contributed by atoms with van der Waals surface area (Å²) in [5, 5.41) is 0. The van der Waals surface area contributed by atoms with Crippen molar-refractivity contribution in [2.75, 3.05) is 30.7 Å². The van der Waals surface area contributed by atoms with E-state index in [9.17, 15) is 17.6 Å². The summed E-state index contributed by atoms with van der Waals surface area (Å²) in [7, 11) is -1.95. The van der Waals surface area contributed by atoms with Crippen LogP contribution >= 0.6 is 0 Å². The fourth-order valence-corrected chi connectivity index (χ4v) is 3.40. The molecule has 6 nitrogen and oxygen atoms in total. The molecule has 0 atom stereocenters. The van der Waals surface area contributed by atoms with Gasteiger partial charge in [0.05, 0.1) is 11.9 Å². The number of carbonyl (C=O) groups excluding carboxylic acids is 1. The Hall–Kier alpha value is -2.48. The number of pyridine rings is 1. The Morgan fingerprint density at radius 2 is 1.85 bits per heavy atom. The zero-order valence-electron chi connectivity index (χ0n) is 14.8. The molecule has 0 aliphatic rings. The van der Waals surface area contributed by atoms with E-state index in [-0.39, 0.29) is 24.6 Å². The van der Waals surface area contributed by atoms with E-state index < -0.39 is 15.8 Å². The first-order chi connectivity index (χ1) is 12.3. The van der Waals surface area contributed by atoms with Crippen LogP contribution in [0.3, 0.4) is 0 Å². The van der Waals surface area contributed by atoms with Gasteiger partial charge in [-0.15, -0.1) is 0 Å². The van der Waals surface area contributed by atoms with Crippen LogP contribution in [0.4, 0.5) is 10.1 Å². The second-order valence-corrected chi connectivity index (χ2v) is 7.89. The van der Waals surface area contributed by atoms with E-state index in [2.05, 4.69) is 4.98 Å². The van der Waals surface area contributed by atoms with Crippen LogP contribution < -0.4 is 4.31 Å². The topological polar surface area (TPSA) is 70.6 Å². The van der Waals surface area contributed by atoms with Crippen molar-refractivity contribution in [3.05, 3.63) is 60.2 Å². The standard InChI is InChI=1S/C18H22FN3O3S/c1-21(12-8-15-6-10-20-11-7-15)18(23)9-13-22(26(2,24)25)17-5-3-4-16(19)14-17/h3-7,10-11,14H,8-9,12-13H2,1-2H3. The maximum atomic E-state index is 13.4. The van der Waals surface area contributed by atoms with E-state index >= 15 is 0 Å². The SMILES string of the molecule is CN(CCc1ccncc1)C(=O)CCN(c1cccc(F)c1)S(C)(=O)=O. The molecule has 0 radical (unpaired) electrons. The molecular formula is C18H22FN3O3S. The molecule has 0 bridgehead atoms. The number of rotatable bonds is 8. The third-order valence-corrected chi connectivity index (χ3v) is 5.13. The minimum atomic E-state index is -3.62. The average Bonchev–Trinajstić information content (AvgIpc) is 2.59. The van der Waals surface area contributed by atoms with E-state index in [1.807, 2.05) is 12.1 Å². The lowest BCUT2D eigenvalue weighted by molar-refractivity contribution is -0.129. The van der Waals surface area contributed by atoms with Crippen molar-refractivity contribution in [3.8, 4) is 0 Å². The highest BCUT2D eigenvalue weighted by Crippen LogP contribution is 2.19. The second-order valence-electron chi connectivity index (χ2n) is 5.99. The molecule has 0 spiro atoms. The Labute approximate surface area is 153 Å². The number of sulfonamides is 1. The molecule has 1 aromatic carbocycles. The van der Waals surface area contributed by atoms with Gasteiger partial charge in [0, 0.05) is 39.0 Å². The molecule has 0 aliphatic heterocycles. The lowest BCUT2D eigenvalue weighted by Crippen LogP contribution is -2.36. The van der Waals surface area contributed by atoms with Gasteiger partial charge in [-0.05, 0) is 42.3 Å². The molecule has 2 rings (SSSR count). The molecule has 1 amide bonds. The minimum absolute atomic E-state index is 0.0103. The van der Waals surface area contributed by atoms with Crippen molar-refractivity contribution < 1.29 is 17.6 Å². The van der Waals surface area contributed by atoms with E-state index in [1.165, 1.54) is 18.2 Å². The number of hydrogen-bond donors (Lipinski definition) is 0. The molecular weight excluding hydrogens is 357 g/mol. The highest BCUT2D eigenvalue weighted by Gasteiger charge is 2.20. The Morgan fingerprint density at radius 3 is 2.46 bits per heavy atom. The first kappa shape index (κ1) is 19.8. The number of nitrogens with zero attached hydrogens (tertiary/aromatic N) is 3. The molecule has 26 heavy (non-hydrogen) atoms. The van der Waals surface area contributed by atoms with Crippen molar-refractivity contribution in [2.45, 2.75) is 12.8 Å². The largest absolute Gasteiger partial charge is 0.345 e. The summed E-state index contributed by atoms with van der Waals surface area (Å²) in [6.45, 7) is 0.475. The van der Waals surface area contributed by atoms with Crippen LogP contribution in [0.15, 0.2) is 48.8 Å². The van der Waals surface area contributed by atoms with Gasteiger partial charge >= 0.3 is 0 Å². The molecule has 1 aromatic heterocycles. The number of likely N-dealkylation sites (N-methyl/N-ethyl adjacent to an activating group) is 1. The average molecular weight is 379 g/mol. The Bertz CT molecular complexity index is 844. The highest BCUT2D eigenvalue weighted by atomic mass is 32.2. The lowest BCUT2D eigenvalue weighted by Gasteiger charge is -2.24. The van der Waals surface area contributed by atoms with Crippen LogP contribution in [0.1, 0.15) is 12.0 Å². The van der Waals surface area contributed by atoms with Gasteiger partial charge < -0.3 is 4.90 Å². The predicted molar refractivity (Wildman–Crippen MR) is 98.8 cm³/mol. The molecule has 2 aromatic rings. The van der Waals surface area contributed by atoms with Crippen LogP contribution in [0, 0.1) is 5.82 Å². The Morgan fingerprint density at radius 1 is 1.15 bits per heavy atom. The van der Waals surface area contributed by atoms with Crippen LogP contribution in [0.25, 0.3) is 0 Å². The number of carbonyl (C=O) groups is 1. The quantitative estimate of drug-likeness (QED) is 0.704. The fourth-order valence-electron chi connectivity index (χ4n) is 2.48. The second kappa shape index (κ2) is 8.75. The van der Waals surface area contributed by atoms with Gasteiger partial charge in [0.1, 0.15) is 5.82 Å². The maximum absolute atomic E-state index is 13.4. The zero-order valence-corrected chi connectivity index (χ0v) is 15.6. The Balaban J connectivity index is 1.96. The highest BCUT2D eigenvalue weighted by molar-refractivity contribution is 7.92. The van der Waals surface area contributed by atoms with Crippen molar-refractivity contribution in [1.82, 2.24) is 9.88 Å². The van der Waals surface area contributed by atoms with Gasteiger partial charge in [-0.3, -0.25) is 14.1 Å². The van der Waals surface area contributed by atoms with Gasteiger partial charge in [0.15, 0.2) is 0 Å². The molecule has 0 aliphatic carbocycles. The number of amides is 1. The predicted octanol–water partition coefficient (Wildman–Crippen LogP) is 2.08. The number of hydrogen-bond acceptors (Lipinski definition) is 4. The molecule has 0 fully saturated rings. The number of halogens is 1. The van der Waals surface area contributed by atoms with Crippen molar-refractivity contribution in [2.24, 2.45) is 0 Å². The van der Waals surface area contributed by atoms with Gasteiger partial charge in [0.2, 0.25) is 15.9 Å². The van der Waals surface area contributed by atoms with Crippen molar-refractivity contribution >= 4 is 21.6 Å². The van der Waals surface area contributed by atoms with Crippen LogP contribution in [0.5, 0.6) is 0 Å². The normalized spacial score (nSPS) is 11.2.